The summed E-state index contributed by atoms with van der Waals surface area (Å²) in [6.45, 7) is 9.11. The quantitative estimate of drug-likeness (QED) is 0.566. The second kappa shape index (κ2) is 2.80. The van der Waals surface area contributed by atoms with Crippen LogP contribution in [0.5, 0.6) is 0 Å². The lowest BCUT2D eigenvalue weighted by Crippen LogP contribution is -2.45. The van der Waals surface area contributed by atoms with Crippen LogP contribution in [0.15, 0.2) is 11.1 Å². The average molecular weight is 218 g/mol. The molecule has 0 aromatic carbocycles. The highest BCUT2D eigenvalue weighted by Gasteiger charge is 2.68. The zero-order chi connectivity index (χ0) is 11.7. The molecule has 88 valence electrons. The van der Waals surface area contributed by atoms with E-state index in [2.05, 4.69) is 27.7 Å². The summed E-state index contributed by atoms with van der Waals surface area (Å²) in [5.41, 5.74) is 3.47. The van der Waals surface area contributed by atoms with Gasteiger partial charge in [-0.15, -0.1) is 0 Å². The molecule has 0 heterocycles. The van der Waals surface area contributed by atoms with Crippen molar-refractivity contribution in [2.75, 3.05) is 0 Å². The summed E-state index contributed by atoms with van der Waals surface area (Å²) >= 11 is 0. The van der Waals surface area contributed by atoms with Crippen LogP contribution >= 0.6 is 0 Å². The van der Waals surface area contributed by atoms with E-state index >= 15 is 0 Å². The highest BCUT2D eigenvalue weighted by molar-refractivity contribution is 5.87. The van der Waals surface area contributed by atoms with E-state index in [1.807, 2.05) is 0 Å². The molecule has 4 bridgehead atoms. The molecule has 0 N–H and O–H groups in total. The normalized spacial score (nSPS) is 50.0. The molecule has 4 atom stereocenters. The van der Waals surface area contributed by atoms with Crippen LogP contribution in [0.3, 0.4) is 0 Å². The molecule has 0 aromatic heterocycles. The van der Waals surface area contributed by atoms with E-state index in [1.165, 1.54) is 12.0 Å². The van der Waals surface area contributed by atoms with Gasteiger partial charge in [0.25, 0.3) is 0 Å². The van der Waals surface area contributed by atoms with Crippen LogP contribution in [0.4, 0.5) is 0 Å². The molecule has 3 saturated carbocycles. The van der Waals surface area contributed by atoms with Crippen LogP contribution in [-0.2, 0) is 4.79 Å². The molecule has 0 amide bonds. The van der Waals surface area contributed by atoms with E-state index in [1.54, 1.807) is 5.57 Å². The second-order valence-corrected chi connectivity index (χ2v) is 6.83. The van der Waals surface area contributed by atoms with E-state index in [0.29, 0.717) is 5.78 Å². The summed E-state index contributed by atoms with van der Waals surface area (Å²) in [5, 5.41) is 0. The molecule has 16 heavy (non-hydrogen) atoms. The van der Waals surface area contributed by atoms with Crippen molar-refractivity contribution in [1.29, 1.82) is 0 Å². The maximum atomic E-state index is 12.2. The van der Waals surface area contributed by atoms with Crippen LogP contribution < -0.4 is 0 Å². The third-order valence-electron chi connectivity index (χ3n) is 6.14. The van der Waals surface area contributed by atoms with Crippen LogP contribution in [-0.4, -0.2) is 5.78 Å². The van der Waals surface area contributed by atoms with Crippen molar-refractivity contribution in [2.24, 2.45) is 22.7 Å². The first kappa shape index (κ1) is 10.6. The SMILES string of the molecule is CC(C)=C1C[C@]2(C)[C@H]3CCC(=O)[C@@]2(C)C[C@@H]13. The van der Waals surface area contributed by atoms with Crippen LogP contribution in [0.2, 0.25) is 0 Å². The van der Waals surface area contributed by atoms with Crippen molar-refractivity contribution in [3.8, 4) is 0 Å². The Kier molecular flexibility index (Phi) is 1.85. The van der Waals surface area contributed by atoms with E-state index in [9.17, 15) is 4.79 Å². The first-order valence-corrected chi connectivity index (χ1v) is 6.60. The number of allylic oxidation sites excluding steroid dienone is 2. The Hall–Kier alpha value is -0.590. The summed E-state index contributed by atoms with van der Waals surface area (Å²) in [4.78, 5) is 12.2. The number of Topliss-reactive ketones (excluding diaryl/α,β-unsaturated/α-hetero) is 1. The molecule has 0 radical (unpaired) electrons. The maximum Gasteiger partial charge on any atom is 0.139 e. The lowest BCUT2D eigenvalue weighted by atomic mass is 9.56. The predicted octanol–water partition coefficient (Wildman–Crippen LogP) is 3.74. The Balaban J connectivity index is 2.13. The van der Waals surface area contributed by atoms with Gasteiger partial charge in [-0.25, -0.2) is 0 Å². The topological polar surface area (TPSA) is 17.1 Å². The molecule has 3 fully saturated rings. The zero-order valence-electron chi connectivity index (χ0n) is 10.9. The molecular formula is C15H22O. The molecule has 1 nitrogen and oxygen atoms in total. The van der Waals surface area contributed by atoms with Gasteiger partial charge in [-0.1, -0.05) is 25.0 Å². The molecule has 0 aliphatic heterocycles. The number of carbonyl (C=O) groups excluding carboxylic acids is 1. The van der Waals surface area contributed by atoms with Crippen molar-refractivity contribution in [2.45, 2.75) is 53.4 Å². The van der Waals surface area contributed by atoms with E-state index < -0.39 is 0 Å². The third kappa shape index (κ3) is 0.919. The van der Waals surface area contributed by atoms with Gasteiger partial charge in [0.2, 0.25) is 0 Å². The summed E-state index contributed by atoms with van der Waals surface area (Å²) in [5.74, 6) is 2.06. The Morgan fingerprint density at radius 3 is 2.62 bits per heavy atom. The minimum atomic E-state index is -0.000463. The standard InChI is InChI=1S/C15H22O/c1-9(2)10-7-14(3)12-5-6-13(16)15(14,4)8-11(10)12/h11-12H,5-8H2,1-4H3/t11-,12-,14+,15+/m0/s1. The van der Waals surface area contributed by atoms with E-state index in [0.717, 1.165) is 31.1 Å². The number of carbonyl (C=O) groups is 1. The molecule has 0 saturated heterocycles. The van der Waals surface area contributed by atoms with Gasteiger partial charge in [-0.3, -0.25) is 4.79 Å². The lowest BCUT2D eigenvalue weighted by Gasteiger charge is -2.46. The molecule has 3 aliphatic carbocycles. The zero-order valence-corrected chi connectivity index (χ0v) is 10.9. The fraction of sp³-hybridized carbons (Fsp3) is 0.800. The molecule has 0 spiro atoms. The smallest absolute Gasteiger partial charge is 0.139 e. The maximum absolute atomic E-state index is 12.2. The molecule has 0 unspecified atom stereocenters. The Morgan fingerprint density at radius 2 is 2.00 bits per heavy atom. The highest BCUT2D eigenvalue weighted by atomic mass is 16.1. The van der Waals surface area contributed by atoms with Crippen molar-refractivity contribution in [3.63, 3.8) is 0 Å². The summed E-state index contributed by atoms with van der Waals surface area (Å²) in [6.07, 6.45) is 4.30. The minimum Gasteiger partial charge on any atom is -0.299 e. The molecular weight excluding hydrogens is 196 g/mol. The minimum absolute atomic E-state index is 0.000463. The third-order valence-corrected chi connectivity index (χ3v) is 6.14. The van der Waals surface area contributed by atoms with Crippen LogP contribution in [0, 0.1) is 22.7 Å². The van der Waals surface area contributed by atoms with E-state index in [-0.39, 0.29) is 10.8 Å². The predicted molar refractivity (Wildman–Crippen MR) is 65.0 cm³/mol. The number of hydrogen-bond acceptors (Lipinski definition) is 1. The molecule has 1 heteroatoms. The Labute approximate surface area is 98.3 Å². The average Bonchev–Trinajstić information content (AvgIpc) is 2.54. The molecule has 3 rings (SSSR count). The summed E-state index contributed by atoms with van der Waals surface area (Å²) in [7, 11) is 0. The fourth-order valence-electron chi connectivity index (χ4n) is 4.95. The number of hydrogen-bond donors (Lipinski definition) is 0. The van der Waals surface area contributed by atoms with Gasteiger partial charge in [0, 0.05) is 11.8 Å². The summed E-state index contributed by atoms with van der Waals surface area (Å²) in [6, 6.07) is 0. The van der Waals surface area contributed by atoms with Crippen LogP contribution in [0.25, 0.3) is 0 Å². The first-order chi connectivity index (χ1) is 7.40. The van der Waals surface area contributed by atoms with Gasteiger partial charge < -0.3 is 0 Å². The number of ketones is 1. The first-order valence-electron chi connectivity index (χ1n) is 6.60. The Bertz CT molecular complexity index is 402. The number of rotatable bonds is 0. The van der Waals surface area contributed by atoms with Crippen molar-refractivity contribution in [1.82, 2.24) is 0 Å². The van der Waals surface area contributed by atoms with Gasteiger partial charge in [0.15, 0.2) is 0 Å². The van der Waals surface area contributed by atoms with Crippen LogP contribution in [0.1, 0.15) is 53.4 Å². The monoisotopic (exact) mass is 218 g/mol. The van der Waals surface area contributed by atoms with Gasteiger partial charge >= 0.3 is 0 Å². The fourth-order valence-corrected chi connectivity index (χ4v) is 4.95. The summed E-state index contributed by atoms with van der Waals surface area (Å²) < 4.78 is 0. The van der Waals surface area contributed by atoms with Crippen molar-refractivity contribution < 1.29 is 4.79 Å². The Morgan fingerprint density at radius 1 is 1.31 bits per heavy atom. The van der Waals surface area contributed by atoms with E-state index in [4.69, 9.17) is 0 Å². The second-order valence-electron chi connectivity index (χ2n) is 6.83. The molecule has 0 aromatic rings. The molecule has 3 aliphatic rings. The van der Waals surface area contributed by atoms with Gasteiger partial charge in [0.05, 0.1) is 0 Å². The van der Waals surface area contributed by atoms with Crippen molar-refractivity contribution in [3.05, 3.63) is 11.1 Å². The van der Waals surface area contributed by atoms with Gasteiger partial charge in [-0.2, -0.15) is 0 Å². The largest absolute Gasteiger partial charge is 0.299 e. The van der Waals surface area contributed by atoms with Gasteiger partial charge in [0.1, 0.15) is 5.78 Å². The lowest BCUT2D eigenvalue weighted by molar-refractivity contribution is -0.138. The van der Waals surface area contributed by atoms with Gasteiger partial charge in [-0.05, 0) is 50.4 Å². The highest BCUT2D eigenvalue weighted by Crippen LogP contribution is 2.73. The van der Waals surface area contributed by atoms with Crippen molar-refractivity contribution >= 4 is 5.78 Å².